The molecule has 1 saturated carbocycles. The Labute approximate surface area is 124 Å². The van der Waals surface area contributed by atoms with Crippen molar-refractivity contribution in [2.24, 2.45) is 11.8 Å². The second-order valence-corrected chi connectivity index (χ2v) is 7.92. The highest BCUT2D eigenvalue weighted by Crippen LogP contribution is 2.36. The number of halogens is 2. The van der Waals surface area contributed by atoms with E-state index in [2.05, 4.69) is 26.1 Å². The predicted octanol–water partition coefficient (Wildman–Crippen LogP) is 5.53. The number of thiophene rings is 1. The minimum atomic E-state index is 0.284. The third kappa shape index (κ3) is 3.41. The maximum absolute atomic E-state index is 6.20. The van der Waals surface area contributed by atoms with Gasteiger partial charge in [0.15, 0.2) is 0 Å². The van der Waals surface area contributed by atoms with E-state index in [0.717, 1.165) is 26.1 Å². The molecular weight excluding hydrogens is 285 g/mol. The summed E-state index contributed by atoms with van der Waals surface area (Å²) >= 11 is 13.7. The first kappa shape index (κ1) is 14.6. The summed E-state index contributed by atoms with van der Waals surface area (Å²) in [5, 5.41) is 3.70. The Kier molecular flexibility index (Phi) is 4.99. The van der Waals surface area contributed by atoms with E-state index in [1.165, 1.54) is 30.6 Å². The Bertz CT molecular complexity index is 404. The van der Waals surface area contributed by atoms with Crippen LogP contribution in [0, 0.1) is 11.8 Å². The lowest BCUT2D eigenvalue weighted by molar-refractivity contribution is 0.217. The van der Waals surface area contributed by atoms with Crippen LogP contribution in [0.4, 0.5) is 0 Å². The molecule has 0 aromatic carbocycles. The van der Waals surface area contributed by atoms with Crippen molar-refractivity contribution < 1.29 is 0 Å². The van der Waals surface area contributed by atoms with Crippen LogP contribution in [-0.4, -0.2) is 6.04 Å². The van der Waals surface area contributed by atoms with Crippen molar-refractivity contribution in [3.8, 4) is 0 Å². The number of rotatable bonds is 3. The van der Waals surface area contributed by atoms with E-state index in [0.29, 0.717) is 6.04 Å². The minimum Gasteiger partial charge on any atom is -0.307 e. The SMILES string of the molecule is CC(NC1CCC(C)C(C)C1)c1cc(Cl)sc1Cl. The van der Waals surface area contributed by atoms with Gasteiger partial charge in [-0.15, -0.1) is 11.3 Å². The van der Waals surface area contributed by atoms with Gasteiger partial charge in [-0.3, -0.25) is 0 Å². The van der Waals surface area contributed by atoms with Crippen molar-refractivity contribution >= 4 is 34.5 Å². The van der Waals surface area contributed by atoms with Crippen molar-refractivity contribution in [1.82, 2.24) is 5.32 Å². The topological polar surface area (TPSA) is 12.0 Å². The van der Waals surface area contributed by atoms with Gasteiger partial charge in [-0.05, 0) is 49.7 Å². The summed E-state index contributed by atoms with van der Waals surface area (Å²) in [5.41, 5.74) is 1.14. The molecule has 4 atom stereocenters. The molecule has 1 heterocycles. The molecule has 1 aliphatic rings. The third-order valence-electron chi connectivity index (χ3n) is 4.23. The fourth-order valence-corrected chi connectivity index (χ4v) is 4.44. The average Bonchev–Trinajstić information content (AvgIpc) is 2.63. The molecule has 102 valence electrons. The lowest BCUT2D eigenvalue weighted by atomic mass is 9.79. The van der Waals surface area contributed by atoms with Crippen molar-refractivity contribution in [3.05, 3.63) is 20.3 Å². The zero-order chi connectivity index (χ0) is 13.3. The molecule has 0 radical (unpaired) electrons. The normalized spacial score (nSPS) is 30.4. The standard InChI is InChI=1S/C14H21Cl2NS/c1-8-4-5-11(6-9(8)2)17-10(3)12-7-13(15)18-14(12)16/h7-11,17H,4-6H2,1-3H3. The summed E-state index contributed by atoms with van der Waals surface area (Å²) in [7, 11) is 0. The molecule has 0 amide bonds. The molecule has 0 bridgehead atoms. The van der Waals surface area contributed by atoms with Crippen LogP contribution in [0.25, 0.3) is 0 Å². The van der Waals surface area contributed by atoms with E-state index < -0.39 is 0 Å². The summed E-state index contributed by atoms with van der Waals surface area (Å²) in [5.74, 6) is 1.67. The van der Waals surface area contributed by atoms with Crippen molar-refractivity contribution in [1.29, 1.82) is 0 Å². The highest BCUT2D eigenvalue weighted by molar-refractivity contribution is 7.20. The second-order valence-electron chi connectivity index (χ2n) is 5.63. The van der Waals surface area contributed by atoms with Gasteiger partial charge in [-0.2, -0.15) is 0 Å². The Morgan fingerprint density at radius 3 is 2.56 bits per heavy atom. The third-order valence-corrected chi connectivity index (χ3v) is 5.75. The fraction of sp³-hybridized carbons (Fsp3) is 0.714. The lowest BCUT2D eigenvalue weighted by Gasteiger charge is -2.34. The number of hydrogen-bond donors (Lipinski definition) is 1. The van der Waals surface area contributed by atoms with Gasteiger partial charge in [0.2, 0.25) is 0 Å². The molecule has 1 aliphatic carbocycles. The summed E-state index contributed by atoms with van der Waals surface area (Å²) in [6.45, 7) is 6.89. The van der Waals surface area contributed by atoms with E-state index >= 15 is 0 Å². The highest BCUT2D eigenvalue weighted by Gasteiger charge is 2.26. The Morgan fingerprint density at radius 1 is 1.28 bits per heavy atom. The van der Waals surface area contributed by atoms with E-state index in [-0.39, 0.29) is 6.04 Å². The molecule has 1 aromatic rings. The number of nitrogens with one attached hydrogen (secondary N) is 1. The molecule has 0 aliphatic heterocycles. The second kappa shape index (κ2) is 6.13. The van der Waals surface area contributed by atoms with E-state index in [4.69, 9.17) is 23.2 Å². The van der Waals surface area contributed by atoms with Gasteiger partial charge in [0.05, 0.1) is 8.67 Å². The van der Waals surface area contributed by atoms with Crippen molar-refractivity contribution in [2.45, 2.75) is 52.1 Å². The molecule has 18 heavy (non-hydrogen) atoms. The molecule has 2 rings (SSSR count). The zero-order valence-corrected chi connectivity index (χ0v) is 13.5. The molecule has 0 spiro atoms. The highest BCUT2D eigenvalue weighted by atomic mass is 35.5. The Balaban J connectivity index is 1.95. The average molecular weight is 306 g/mol. The first-order valence-corrected chi connectivity index (χ1v) is 8.25. The summed E-state index contributed by atoms with van der Waals surface area (Å²) in [6.07, 6.45) is 3.86. The van der Waals surface area contributed by atoms with Crippen LogP contribution in [0.5, 0.6) is 0 Å². The van der Waals surface area contributed by atoms with Crippen molar-refractivity contribution in [3.63, 3.8) is 0 Å². The quantitative estimate of drug-likeness (QED) is 0.774. The maximum Gasteiger partial charge on any atom is 0.0991 e. The smallest absolute Gasteiger partial charge is 0.0991 e. The first-order valence-electron chi connectivity index (χ1n) is 6.68. The Morgan fingerprint density at radius 2 is 2.00 bits per heavy atom. The van der Waals surface area contributed by atoms with Crippen LogP contribution in [0.3, 0.4) is 0 Å². The molecule has 4 heteroatoms. The first-order chi connectivity index (χ1) is 8.47. The summed E-state index contributed by atoms with van der Waals surface area (Å²) in [4.78, 5) is 0. The molecule has 1 nitrogen and oxygen atoms in total. The number of hydrogen-bond acceptors (Lipinski definition) is 2. The monoisotopic (exact) mass is 305 g/mol. The minimum absolute atomic E-state index is 0.284. The van der Waals surface area contributed by atoms with E-state index in [1.54, 1.807) is 0 Å². The van der Waals surface area contributed by atoms with Gasteiger partial charge >= 0.3 is 0 Å². The zero-order valence-electron chi connectivity index (χ0n) is 11.2. The predicted molar refractivity (Wildman–Crippen MR) is 81.9 cm³/mol. The van der Waals surface area contributed by atoms with Crippen LogP contribution in [0.1, 0.15) is 51.6 Å². The molecule has 1 fully saturated rings. The molecular formula is C14H21Cl2NS. The largest absolute Gasteiger partial charge is 0.307 e. The van der Waals surface area contributed by atoms with Crippen molar-refractivity contribution in [2.75, 3.05) is 0 Å². The molecule has 0 saturated heterocycles. The van der Waals surface area contributed by atoms with Gasteiger partial charge < -0.3 is 5.32 Å². The van der Waals surface area contributed by atoms with Crippen LogP contribution in [0.2, 0.25) is 8.67 Å². The van der Waals surface area contributed by atoms with Crippen LogP contribution >= 0.6 is 34.5 Å². The van der Waals surface area contributed by atoms with E-state index in [1.807, 2.05) is 6.07 Å². The molecule has 1 N–H and O–H groups in total. The maximum atomic E-state index is 6.20. The van der Waals surface area contributed by atoms with Crippen LogP contribution in [0.15, 0.2) is 6.07 Å². The molecule has 1 aromatic heterocycles. The fourth-order valence-electron chi connectivity index (χ4n) is 2.79. The lowest BCUT2D eigenvalue weighted by Crippen LogP contribution is -2.37. The summed E-state index contributed by atoms with van der Waals surface area (Å²) in [6, 6.07) is 2.88. The van der Waals surface area contributed by atoms with Gasteiger partial charge in [-0.25, -0.2) is 0 Å². The Hall–Kier alpha value is 0.240. The van der Waals surface area contributed by atoms with Crippen LogP contribution < -0.4 is 5.32 Å². The summed E-state index contributed by atoms with van der Waals surface area (Å²) < 4.78 is 1.59. The van der Waals surface area contributed by atoms with E-state index in [9.17, 15) is 0 Å². The van der Waals surface area contributed by atoms with Gasteiger partial charge in [0.1, 0.15) is 0 Å². The van der Waals surface area contributed by atoms with Gasteiger partial charge in [0.25, 0.3) is 0 Å². The van der Waals surface area contributed by atoms with Gasteiger partial charge in [-0.1, -0.05) is 37.0 Å². The van der Waals surface area contributed by atoms with Crippen LogP contribution in [-0.2, 0) is 0 Å². The molecule has 4 unspecified atom stereocenters. The van der Waals surface area contributed by atoms with Gasteiger partial charge in [0, 0.05) is 12.1 Å².